The SMILES string of the molecule is O=C(CCNc1ccc(Oc2ccccc2)cc1)NCc1ccc(F)cc1. The van der Waals surface area contributed by atoms with E-state index in [4.69, 9.17) is 4.74 Å². The van der Waals surface area contributed by atoms with Gasteiger partial charge in [-0.25, -0.2) is 4.39 Å². The molecule has 3 aromatic carbocycles. The summed E-state index contributed by atoms with van der Waals surface area (Å²) in [5.74, 6) is 1.20. The standard InChI is InChI=1S/C22H21FN2O2/c23-18-8-6-17(7-9-18)16-25-22(26)14-15-24-19-10-12-21(13-11-19)27-20-4-2-1-3-5-20/h1-13,24H,14-16H2,(H,25,26). The Morgan fingerprint density at radius 2 is 1.52 bits per heavy atom. The van der Waals surface area contributed by atoms with E-state index in [1.807, 2.05) is 54.6 Å². The van der Waals surface area contributed by atoms with Gasteiger partial charge in [0.1, 0.15) is 17.3 Å². The molecule has 138 valence electrons. The quantitative estimate of drug-likeness (QED) is 0.607. The van der Waals surface area contributed by atoms with Gasteiger partial charge in [-0.2, -0.15) is 0 Å². The predicted octanol–water partition coefficient (Wildman–Crippen LogP) is 4.74. The third-order valence-electron chi connectivity index (χ3n) is 3.92. The maximum atomic E-state index is 12.8. The molecule has 0 saturated carbocycles. The Morgan fingerprint density at radius 3 is 2.22 bits per heavy atom. The predicted molar refractivity (Wildman–Crippen MR) is 104 cm³/mol. The smallest absolute Gasteiger partial charge is 0.222 e. The van der Waals surface area contributed by atoms with Gasteiger partial charge >= 0.3 is 0 Å². The molecule has 0 bridgehead atoms. The summed E-state index contributed by atoms with van der Waals surface area (Å²) in [6.45, 7) is 0.915. The van der Waals surface area contributed by atoms with Crippen LogP contribution >= 0.6 is 0 Å². The lowest BCUT2D eigenvalue weighted by Gasteiger charge is -2.09. The summed E-state index contributed by atoms with van der Waals surface area (Å²) in [7, 11) is 0. The fourth-order valence-electron chi connectivity index (χ4n) is 2.48. The molecule has 2 N–H and O–H groups in total. The van der Waals surface area contributed by atoms with Gasteiger partial charge in [-0.05, 0) is 54.1 Å². The lowest BCUT2D eigenvalue weighted by molar-refractivity contribution is -0.121. The van der Waals surface area contributed by atoms with Crippen LogP contribution in [0.4, 0.5) is 10.1 Å². The average Bonchev–Trinajstić information content (AvgIpc) is 2.70. The fraction of sp³-hybridized carbons (Fsp3) is 0.136. The largest absolute Gasteiger partial charge is 0.457 e. The lowest BCUT2D eigenvalue weighted by atomic mass is 10.2. The molecule has 1 amide bonds. The number of anilines is 1. The Labute approximate surface area is 158 Å². The number of benzene rings is 3. The van der Waals surface area contributed by atoms with E-state index < -0.39 is 0 Å². The minimum Gasteiger partial charge on any atom is -0.457 e. The molecule has 5 heteroatoms. The third-order valence-corrected chi connectivity index (χ3v) is 3.92. The molecular formula is C22H21FN2O2. The molecule has 0 heterocycles. The van der Waals surface area contributed by atoms with Crippen LogP contribution in [0.3, 0.4) is 0 Å². The lowest BCUT2D eigenvalue weighted by Crippen LogP contribution is -2.24. The van der Waals surface area contributed by atoms with Crippen molar-refractivity contribution in [2.45, 2.75) is 13.0 Å². The summed E-state index contributed by atoms with van der Waals surface area (Å²) < 4.78 is 18.6. The van der Waals surface area contributed by atoms with Crippen LogP contribution in [-0.2, 0) is 11.3 Å². The van der Waals surface area contributed by atoms with Crippen molar-refractivity contribution in [2.24, 2.45) is 0 Å². The van der Waals surface area contributed by atoms with Crippen molar-refractivity contribution in [3.63, 3.8) is 0 Å². The van der Waals surface area contributed by atoms with E-state index in [0.29, 0.717) is 19.5 Å². The van der Waals surface area contributed by atoms with Gasteiger partial charge in [-0.3, -0.25) is 4.79 Å². The van der Waals surface area contributed by atoms with Crippen LogP contribution in [0.2, 0.25) is 0 Å². The first kappa shape index (κ1) is 18.5. The number of nitrogens with one attached hydrogen (secondary N) is 2. The van der Waals surface area contributed by atoms with E-state index >= 15 is 0 Å². The van der Waals surface area contributed by atoms with Gasteiger partial charge in [0.05, 0.1) is 0 Å². The Morgan fingerprint density at radius 1 is 0.852 bits per heavy atom. The van der Waals surface area contributed by atoms with Crippen LogP contribution in [0.15, 0.2) is 78.9 Å². The Balaban J connectivity index is 1.38. The topological polar surface area (TPSA) is 50.4 Å². The van der Waals surface area contributed by atoms with Gasteiger partial charge in [-0.1, -0.05) is 30.3 Å². The van der Waals surface area contributed by atoms with E-state index in [9.17, 15) is 9.18 Å². The number of rotatable bonds is 8. The molecule has 0 aliphatic rings. The highest BCUT2D eigenvalue weighted by atomic mass is 19.1. The highest BCUT2D eigenvalue weighted by molar-refractivity contribution is 5.76. The number of amides is 1. The zero-order valence-corrected chi connectivity index (χ0v) is 14.8. The zero-order valence-electron chi connectivity index (χ0n) is 14.8. The minimum atomic E-state index is -0.283. The van der Waals surface area contributed by atoms with Crippen LogP contribution in [0.1, 0.15) is 12.0 Å². The van der Waals surface area contributed by atoms with E-state index in [2.05, 4.69) is 10.6 Å². The molecule has 0 saturated heterocycles. The monoisotopic (exact) mass is 364 g/mol. The van der Waals surface area contributed by atoms with Crippen molar-refractivity contribution < 1.29 is 13.9 Å². The number of halogens is 1. The second kappa shape index (κ2) is 9.38. The van der Waals surface area contributed by atoms with Gasteiger partial charge in [-0.15, -0.1) is 0 Å². The molecule has 0 aromatic heterocycles. The summed E-state index contributed by atoms with van der Waals surface area (Å²) >= 11 is 0. The normalized spacial score (nSPS) is 10.3. The van der Waals surface area contributed by atoms with Crippen LogP contribution in [0.25, 0.3) is 0 Å². The highest BCUT2D eigenvalue weighted by Gasteiger charge is 2.02. The van der Waals surface area contributed by atoms with Gasteiger partial charge in [0.15, 0.2) is 0 Å². The van der Waals surface area contributed by atoms with Gasteiger partial charge < -0.3 is 15.4 Å². The number of hydrogen-bond donors (Lipinski definition) is 2. The van der Waals surface area contributed by atoms with E-state index in [1.165, 1.54) is 12.1 Å². The number of ether oxygens (including phenoxy) is 1. The maximum absolute atomic E-state index is 12.8. The number of para-hydroxylation sites is 1. The Kier molecular flexibility index (Phi) is 6.41. The minimum absolute atomic E-state index is 0.0594. The molecule has 3 rings (SSSR count). The first-order chi connectivity index (χ1) is 13.2. The molecule has 27 heavy (non-hydrogen) atoms. The zero-order chi connectivity index (χ0) is 18.9. The molecule has 0 radical (unpaired) electrons. The molecule has 0 aliphatic carbocycles. The molecule has 0 spiro atoms. The van der Waals surface area contributed by atoms with Crippen LogP contribution in [-0.4, -0.2) is 12.5 Å². The summed E-state index contributed by atoms with van der Waals surface area (Å²) in [6, 6.07) is 23.3. The molecule has 0 atom stereocenters. The molecule has 0 unspecified atom stereocenters. The van der Waals surface area contributed by atoms with Crippen LogP contribution in [0.5, 0.6) is 11.5 Å². The maximum Gasteiger partial charge on any atom is 0.222 e. The third kappa shape index (κ3) is 6.15. The first-order valence-electron chi connectivity index (χ1n) is 8.77. The number of carbonyl (C=O) groups is 1. The van der Waals surface area contributed by atoms with Gasteiger partial charge in [0.2, 0.25) is 5.91 Å². The molecule has 3 aromatic rings. The van der Waals surface area contributed by atoms with Crippen molar-refractivity contribution >= 4 is 11.6 Å². The summed E-state index contributed by atoms with van der Waals surface area (Å²) in [4.78, 5) is 11.9. The highest BCUT2D eigenvalue weighted by Crippen LogP contribution is 2.22. The first-order valence-corrected chi connectivity index (χ1v) is 8.77. The van der Waals surface area contributed by atoms with Crippen molar-refractivity contribution in [1.82, 2.24) is 5.32 Å². The second-order valence-electron chi connectivity index (χ2n) is 6.02. The second-order valence-corrected chi connectivity index (χ2v) is 6.02. The molecule has 4 nitrogen and oxygen atoms in total. The average molecular weight is 364 g/mol. The van der Waals surface area contributed by atoms with Crippen molar-refractivity contribution in [3.05, 3.63) is 90.2 Å². The van der Waals surface area contributed by atoms with E-state index in [1.54, 1.807) is 12.1 Å². The van der Waals surface area contributed by atoms with Gasteiger partial charge in [0.25, 0.3) is 0 Å². The summed E-state index contributed by atoms with van der Waals surface area (Å²) in [5, 5.41) is 6.03. The van der Waals surface area contributed by atoms with Crippen molar-refractivity contribution in [3.8, 4) is 11.5 Å². The Bertz CT molecular complexity index is 850. The molecule has 0 fully saturated rings. The molecule has 0 aliphatic heterocycles. The molecular weight excluding hydrogens is 343 g/mol. The van der Waals surface area contributed by atoms with Crippen molar-refractivity contribution in [1.29, 1.82) is 0 Å². The van der Waals surface area contributed by atoms with E-state index in [-0.39, 0.29) is 11.7 Å². The van der Waals surface area contributed by atoms with Gasteiger partial charge in [0, 0.05) is 25.2 Å². The van der Waals surface area contributed by atoms with Crippen molar-refractivity contribution in [2.75, 3.05) is 11.9 Å². The summed E-state index contributed by atoms with van der Waals surface area (Å²) in [6.07, 6.45) is 0.351. The van der Waals surface area contributed by atoms with E-state index in [0.717, 1.165) is 22.7 Å². The fourth-order valence-corrected chi connectivity index (χ4v) is 2.48. The van der Waals surface area contributed by atoms with Crippen LogP contribution in [0, 0.1) is 5.82 Å². The number of carbonyl (C=O) groups excluding carboxylic acids is 1. The number of hydrogen-bond acceptors (Lipinski definition) is 3. The van der Waals surface area contributed by atoms with Crippen LogP contribution < -0.4 is 15.4 Å². The Hall–Kier alpha value is -3.34. The summed E-state index contributed by atoms with van der Waals surface area (Å²) in [5.41, 5.74) is 1.79.